The van der Waals surface area contributed by atoms with Crippen LogP contribution in [0.4, 0.5) is 0 Å². The number of hydrogen-bond donors (Lipinski definition) is 1. The van der Waals surface area contributed by atoms with Crippen LogP contribution in [0.2, 0.25) is 0 Å². The van der Waals surface area contributed by atoms with Crippen LogP contribution in [0.3, 0.4) is 0 Å². The molecule has 1 rings (SSSR count). The lowest BCUT2D eigenvalue weighted by Gasteiger charge is -2.22. The topological polar surface area (TPSA) is 21.3 Å². The molecule has 0 aromatic heterocycles. The van der Waals surface area contributed by atoms with E-state index >= 15 is 0 Å². The van der Waals surface area contributed by atoms with Gasteiger partial charge in [0, 0.05) is 6.61 Å². The molecular formula is C10H23NO. The van der Waals surface area contributed by atoms with Crippen LogP contribution >= 0.6 is 0 Å². The van der Waals surface area contributed by atoms with Crippen molar-refractivity contribution in [2.75, 3.05) is 20.2 Å². The number of hydrogen-bond acceptors (Lipinski definition) is 2. The summed E-state index contributed by atoms with van der Waals surface area (Å²) in [6, 6.07) is 0. The molecule has 1 fully saturated rings. The Bertz CT molecular complexity index is 79.9. The van der Waals surface area contributed by atoms with Gasteiger partial charge in [0.05, 0.1) is 6.10 Å². The van der Waals surface area contributed by atoms with Crippen LogP contribution in [0.25, 0.3) is 0 Å². The van der Waals surface area contributed by atoms with Gasteiger partial charge < -0.3 is 10.1 Å². The Labute approximate surface area is 76.7 Å². The zero-order valence-corrected chi connectivity index (χ0v) is 8.73. The lowest BCUT2D eigenvalue weighted by molar-refractivity contribution is 0.0118. The summed E-state index contributed by atoms with van der Waals surface area (Å²) in [5.74, 6) is 0. The normalized spacial score (nSPS) is 22.8. The summed E-state index contributed by atoms with van der Waals surface area (Å²) >= 11 is 0. The molecule has 0 radical (unpaired) electrons. The van der Waals surface area contributed by atoms with E-state index in [1.54, 1.807) is 0 Å². The molecule has 0 aromatic carbocycles. The fraction of sp³-hybridized carbons (Fsp3) is 1.00. The number of nitrogens with one attached hydrogen (secondary N) is 1. The molecular weight excluding hydrogens is 150 g/mol. The van der Waals surface area contributed by atoms with Crippen molar-refractivity contribution in [2.45, 2.75) is 45.6 Å². The molecule has 0 aliphatic carbocycles. The fourth-order valence-electron chi connectivity index (χ4n) is 1.34. The van der Waals surface area contributed by atoms with Crippen LogP contribution in [0.1, 0.15) is 39.5 Å². The van der Waals surface area contributed by atoms with Crippen LogP contribution in [-0.4, -0.2) is 26.3 Å². The summed E-state index contributed by atoms with van der Waals surface area (Å²) in [7, 11) is 1.99. The summed E-state index contributed by atoms with van der Waals surface area (Å²) in [5.41, 5.74) is 0. The van der Waals surface area contributed by atoms with E-state index in [0.717, 1.165) is 13.2 Å². The van der Waals surface area contributed by atoms with Crippen LogP contribution < -0.4 is 5.32 Å². The third-order valence-corrected chi connectivity index (χ3v) is 1.99. The maximum absolute atomic E-state index is 5.54. The first-order chi connectivity index (χ1) is 5.93. The fourth-order valence-corrected chi connectivity index (χ4v) is 1.34. The van der Waals surface area contributed by atoms with E-state index < -0.39 is 0 Å². The molecule has 1 saturated heterocycles. The van der Waals surface area contributed by atoms with Crippen molar-refractivity contribution in [3.63, 3.8) is 0 Å². The average molecular weight is 173 g/mol. The Morgan fingerprint density at radius 1 is 1.33 bits per heavy atom. The Kier molecular flexibility index (Phi) is 8.95. The molecule has 74 valence electrons. The lowest BCUT2D eigenvalue weighted by atomic mass is 10.1. The van der Waals surface area contributed by atoms with Gasteiger partial charge in [0.2, 0.25) is 0 Å². The molecule has 1 aliphatic rings. The zero-order chi connectivity index (χ0) is 9.23. The average Bonchev–Trinajstić information content (AvgIpc) is 2.19. The maximum Gasteiger partial charge on any atom is 0.0587 e. The van der Waals surface area contributed by atoms with Gasteiger partial charge in [0.15, 0.2) is 0 Å². The SMILES string of the molecule is CC.CNCCC1CCCCO1. The van der Waals surface area contributed by atoms with Crippen molar-refractivity contribution in [2.24, 2.45) is 0 Å². The molecule has 1 unspecified atom stereocenters. The van der Waals surface area contributed by atoms with Crippen LogP contribution in [-0.2, 0) is 4.74 Å². The Balaban J connectivity index is 0.000000561. The highest BCUT2D eigenvalue weighted by atomic mass is 16.5. The molecule has 2 nitrogen and oxygen atoms in total. The van der Waals surface area contributed by atoms with Crippen LogP contribution in [0.15, 0.2) is 0 Å². The van der Waals surface area contributed by atoms with Crippen LogP contribution in [0, 0.1) is 0 Å². The number of rotatable bonds is 3. The summed E-state index contributed by atoms with van der Waals surface area (Å²) in [6.45, 7) is 6.07. The van der Waals surface area contributed by atoms with Gasteiger partial charge in [-0.1, -0.05) is 13.8 Å². The Hall–Kier alpha value is -0.0800. The lowest BCUT2D eigenvalue weighted by Crippen LogP contribution is -2.23. The van der Waals surface area contributed by atoms with Crippen LogP contribution in [0.5, 0.6) is 0 Å². The zero-order valence-electron chi connectivity index (χ0n) is 8.73. The predicted molar refractivity (Wildman–Crippen MR) is 53.5 cm³/mol. The second-order valence-electron chi connectivity index (χ2n) is 2.88. The highest BCUT2D eigenvalue weighted by molar-refractivity contribution is 4.63. The summed E-state index contributed by atoms with van der Waals surface area (Å²) in [5, 5.41) is 3.13. The molecule has 1 aliphatic heterocycles. The van der Waals surface area contributed by atoms with Gasteiger partial charge in [0.1, 0.15) is 0 Å². The first-order valence-corrected chi connectivity index (χ1v) is 5.19. The summed E-state index contributed by atoms with van der Waals surface area (Å²) < 4.78 is 5.54. The Morgan fingerprint density at radius 2 is 2.08 bits per heavy atom. The molecule has 1 atom stereocenters. The van der Waals surface area contributed by atoms with Crippen molar-refractivity contribution in [1.29, 1.82) is 0 Å². The molecule has 1 N–H and O–H groups in total. The third kappa shape index (κ3) is 5.56. The smallest absolute Gasteiger partial charge is 0.0587 e. The van der Waals surface area contributed by atoms with Crippen molar-refractivity contribution >= 4 is 0 Å². The number of ether oxygens (including phenoxy) is 1. The molecule has 1 heterocycles. The first kappa shape index (κ1) is 11.9. The van der Waals surface area contributed by atoms with E-state index in [4.69, 9.17) is 4.74 Å². The second-order valence-corrected chi connectivity index (χ2v) is 2.88. The van der Waals surface area contributed by atoms with E-state index in [0.29, 0.717) is 6.10 Å². The summed E-state index contributed by atoms with van der Waals surface area (Å²) in [4.78, 5) is 0. The molecule has 0 saturated carbocycles. The van der Waals surface area contributed by atoms with E-state index in [1.165, 1.54) is 25.7 Å². The van der Waals surface area contributed by atoms with E-state index in [2.05, 4.69) is 5.32 Å². The van der Waals surface area contributed by atoms with Gasteiger partial charge >= 0.3 is 0 Å². The van der Waals surface area contributed by atoms with Crippen molar-refractivity contribution in [3.8, 4) is 0 Å². The molecule has 0 bridgehead atoms. The van der Waals surface area contributed by atoms with Crippen molar-refractivity contribution < 1.29 is 4.74 Å². The minimum atomic E-state index is 0.543. The van der Waals surface area contributed by atoms with Gasteiger partial charge in [-0.3, -0.25) is 0 Å². The van der Waals surface area contributed by atoms with Gasteiger partial charge in [0.25, 0.3) is 0 Å². The highest BCUT2D eigenvalue weighted by Gasteiger charge is 2.11. The molecule has 0 aromatic rings. The first-order valence-electron chi connectivity index (χ1n) is 5.19. The Morgan fingerprint density at radius 3 is 2.58 bits per heavy atom. The van der Waals surface area contributed by atoms with Gasteiger partial charge in [-0.05, 0) is 39.3 Å². The predicted octanol–water partition coefficient (Wildman–Crippen LogP) is 2.19. The third-order valence-electron chi connectivity index (χ3n) is 1.99. The van der Waals surface area contributed by atoms with E-state index in [9.17, 15) is 0 Å². The van der Waals surface area contributed by atoms with Crippen molar-refractivity contribution in [3.05, 3.63) is 0 Å². The minimum absolute atomic E-state index is 0.543. The second kappa shape index (κ2) is 9.01. The molecule has 0 spiro atoms. The van der Waals surface area contributed by atoms with Gasteiger partial charge in [-0.2, -0.15) is 0 Å². The molecule has 2 heteroatoms. The highest BCUT2D eigenvalue weighted by Crippen LogP contribution is 2.14. The monoisotopic (exact) mass is 173 g/mol. The largest absolute Gasteiger partial charge is 0.378 e. The molecule has 12 heavy (non-hydrogen) atoms. The van der Waals surface area contributed by atoms with Crippen molar-refractivity contribution in [1.82, 2.24) is 5.32 Å². The quantitative estimate of drug-likeness (QED) is 0.706. The standard InChI is InChI=1S/C8H17NO.C2H6/c1-9-6-5-8-4-2-3-7-10-8;1-2/h8-9H,2-7H2,1H3;1-2H3. The van der Waals surface area contributed by atoms with Gasteiger partial charge in [-0.25, -0.2) is 0 Å². The minimum Gasteiger partial charge on any atom is -0.378 e. The summed E-state index contributed by atoms with van der Waals surface area (Å²) in [6.07, 6.45) is 5.60. The maximum atomic E-state index is 5.54. The molecule has 0 amide bonds. The van der Waals surface area contributed by atoms with E-state index in [1.807, 2.05) is 20.9 Å². The van der Waals surface area contributed by atoms with Gasteiger partial charge in [-0.15, -0.1) is 0 Å². The van der Waals surface area contributed by atoms with E-state index in [-0.39, 0.29) is 0 Å².